The number of aliphatic hydroxyl groups is 1. The highest BCUT2D eigenvalue weighted by Crippen LogP contribution is 2.60. The molecular formula is C41H45N3O6Si. The molecule has 3 aliphatic heterocycles. The summed E-state index contributed by atoms with van der Waals surface area (Å²) < 4.78 is 12.6. The first-order valence-corrected chi connectivity index (χ1v) is 20.7. The lowest BCUT2D eigenvalue weighted by molar-refractivity contribution is -0.150. The number of nitrogens with one attached hydrogen (secondary N) is 1. The summed E-state index contributed by atoms with van der Waals surface area (Å²) >= 11 is 0. The number of carbonyl (C=O) groups is 3. The second-order valence-corrected chi connectivity index (χ2v) is 19.3. The number of methoxy groups -OCH3 is 1. The number of likely N-dealkylation sites (N-methyl/N-ethyl adjacent to an activating group) is 1. The van der Waals surface area contributed by atoms with Crippen LogP contribution >= 0.6 is 0 Å². The maximum Gasteiger partial charge on any atom is 0.264 e. The first-order valence-electron chi connectivity index (χ1n) is 17.6. The van der Waals surface area contributed by atoms with Gasteiger partial charge < -0.3 is 29.7 Å². The van der Waals surface area contributed by atoms with Gasteiger partial charge in [-0.15, -0.1) is 0 Å². The third-order valence-electron chi connectivity index (χ3n) is 11.5. The van der Waals surface area contributed by atoms with Gasteiger partial charge in [0.25, 0.3) is 11.8 Å². The molecular weight excluding hydrogens is 659 g/mol. The second kappa shape index (κ2) is 13.4. The molecule has 0 radical (unpaired) electrons. The van der Waals surface area contributed by atoms with Crippen LogP contribution in [-0.2, 0) is 32.9 Å². The number of amides is 3. The van der Waals surface area contributed by atoms with E-state index < -0.39 is 19.8 Å². The molecule has 0 aliphatic carbocycles. The zero-order valence-corrected chi connectivity index (χ0v) is 30.8. The van der Waals surface area contributed by atoms with Gasteiger partial charge in [-0.3, -0.25) is 14.4 Å². The summed E-state index contributed by atoms with van der Waals surface area (Å²) in [6.45, 7) is 6.91. The third-order valence-corrected chi connectivity index (χ3v) is 15.9. The predicted molar refractivity (Wildman–Crippen MR) is 200 cm³/mol. The van der Waals surface area contributed by atoms with Gasteiger partial charge in [0.1, 0.15) is 5.75 Å². The molecule has 1 spiro atoms. The van der Waals surface area contributed by atoms with Crippen molar-refractivity contribution in [3.8, 4) is 5.75 Å². The molecule has 4 aromatic carbocycles. The highest BCUT2D eigenvalue weighted by Gasteiger charge is 2.66. The molecule has 0 unspecified atom stereocenters. The molecule has 3 amide bonds. The summed E-state index contributed by atoms with van der Waals surface area (Å²) in [6, 6.07) is 30.3. The van der Waals surface area contributed by atoms with E-state index in [-0.39, 0.29) is 48.3 Å². The number of nitrogens with zero attached hydrogens (tertiary/aromatic N) is 2. The molecule has 0 bridgehead atoms. The molecule has 3 aliphatic rings. The number of hydrogen-bond donors (Lipinski definition) is 2. The molecule has 9 nitrogen and oxygen atoms in total. The van der Waals surface area contributed by atoms with Gasteiger partial charge in [0.15, 0.2) is 5.60 Å². The van der Waals surface area contributed by atoms with Crippen LogP contribution in [0.5, 0.6) is 5.75 Å². The lowest BCUT2D eigenvalue weighted by atomic mass is 9.82. The lowest BCUT2D eigenvalue weighted by Crippen LogP contribution is -2.52. The summed E-state index contributed by atoms with van der Waals surface area (Å²) in [5, 5.41) is 14.6. The Bertz CT molecular complexity index is 1970. The van der Waals surface area contributed by atoms with Gasteiger partial charge >= 0.3 is 0 Å². The summed E-state index contributed by atoms with van der Waals surface area (Å²) in [4.78, 5) is 45.6. The highest BCUT2D eigenvalue weighted by atomic mass is 28.3. The molecule has 3 heterocycles. The SMILES string of the molecule is COc1ccc([Si](C)(C)[C@H]2[C@H](CC(=O)N3Cc4ccccc4C[C@H]3CO)O[C@@]3(C(=O)N(C)c4ccc(NC(=O)c5ccccc5)cc43)[C@@H]2C)cc1. The Morgan fingerprint density at radius 3 is 2.35 bits per heavy atom. The molecule has 1 fully saturated rings. The Balaban J connectivity index is 1.28. The zero-order chi connectivity index (χ0) is 36.1. The smallest absolute Gasteiger partial charge is 0.264 e. The van der Waals surface area contributed by atoms with Gasteiger partial charge in [0.05, 0.1) is 46.0 Å². The quantitative estimate of drug-likeness (QED) is 0.236. The van der Waals surface area contributed by atoms with Crippen LogP contribution in [0.2, 0.25) is 18.6 Å². The van der Waals surface area contributed by atoms with Crippen molar-refractivity contribution in [1.82, 2.24) is 4.90 Å². The van der Waals surface area contributed by atoms with E-state index in [0.29, 0.717) is 35.5 Å². The fourth-order valence-corrected chi connectivity index (χ4v) is 12.8. The molecule has 7 rings (SSSR count). The van der Waals surface area contributed by atoms with Crippen LogP contribution in [0.4, 0.5) is 11.4 Å². The molecule has 264 valence electrons. The van der Waals surface area contributed by atoms with E-state index >= 15 is 0 Å². The number of anilines is 2. The minimum atomic E-state index is -2.50. The summed E-state index contributed by atoms with van der Waals surface area (Å²) in [7, 11) is 0.899. The van der Waals surface area contributed by atoms with Crippen molar-refractivity contribution in [2.45, 2.75) is 62.7 Å². The van der Waals surface area contributed by atoms with Gasteiger partial charge in [0.2, 0.25) is 5.91 Å². The Hall–Kier alpha value is -4.77. The van der Waals surface area contributed by atoms with Crippen LogP contribution in [0, 0.1) is 5.92 Å². The summed E-state index contributed by atoms with van der Waals surface area (Å²) in [6.07, 6.45) is 0.0610. The van der Waals surface area contributed by atoms with Crippen LogP contribution in [0.3, 0.4) is 0 Å². The molecule has 51 heavy (non-hydrogen) atoms. The van der Waals surface area contributed by atoms with Crippen LogP contribution in [0.1, 0.15) is 40.4 Å². The second-order valence-electron chi connectivity index (χ2n) is 14.6. The van der Waals surface area contributed by atoms with Crippen LogP contribution in [-0.4, -0.2) is 68.7 Å². The van der Waals surface area contributed by atoms with Crippen molar-refractivity contribution in [2.75, 3.05) is 31.0 Å². The molecule has 0 aromatic heterocycles. The maximum absolute atomic E-state index is 14.6. The monoisotopic (exact) mass is 703 g/mol. The van der Waals surface area contributed by atoms with Crippen molar-refractivity contribution in [3.05, 3.63) is 119 Å². The third kappa shape index (κ3) is 5.85. The topological polar surface area (TPSA) is 108 Å². The fraction of sp³-hybridized carbons (Fsp3) is 0.341. The van der Waals surface area contributed by atoms with E-state index in [1.807, 2.05) is 60.7 Å². The Morgan fingerprint density at radius 1 is 0.980 bits per heavy atom. The van der Waals surface area contributed by atoms with Gasteiger partial charge in [0, 0.05) is 36.3 Å². The number of benzene rings is 4. The van der Waals surface area contributed by atoms with Gasteiger partial charge in [-0.1, -0.05) is 79.8 Å². The van der Waals surface area contributed by atoms with E-state index in [0.717, 1.165) is 16.9 Å². The average Bonchev–Trinajstić information content (AvgIpc) is 3.56. The van der Waals surface area contributed by atoms with Gasteiger partial charge in [-0.2, -0.15) is 0 Å². The van der Waals surface area contributed by atoms with Crippen molar-refractivity contribution in [1.29, 1.82) is 0 Å². The minimum Gasteiger partial charge on any atom is -0.497 e. The van der Waals surface area contributed by atoms with E-state index in [2.05, 4.69) is 43.5 Å². The van der Waals surface area contributed by atoms with Crippen molar-refractivity contribution < 1.29 is 29.0 Å². The first-order chi connectivity index (χ1) is 24.5. The van der Waals surface area contributed by atoms with Crippen LogP contribution < -0.4 is 20.1 Å². The largest absolute Gasteiger partial charge is 0.497 e. The van der Waals surface area contributed by atoms with E-state index in [4.69, 9.17) is 9.47 Å². The number of rotatable bonds is 8. The van der Waals surface area contributed by atoms with E-state index in [1.54, 1.807) is 42.2 Å². The number of fused-ring (bicyclic) bond motifs is 3. The predicted octanol–water partition coefficient (Wildman–Crippen LogP) is 5.48. The molecule has 10 heteroatoms. The molecule has 0 saturated carbocycles. The van der Waals surface area contributed by atoms with Gasteiger partial charge in [-0.25, -0.2) is 0 Å². The van der Waals surface area contributed by atoms with Crippen molar-refractivity contribution >= 4 is 42.4 Å². The van der Waals surface area contributed by atoms with E-state index in [9.17, 15) is 19.5 Å². The zero-order valence-electron chi connectivity index (χ0n) is 29.8. The maximum atomic E-state index is 14.6. The van der Waals surface area contributed by atoms with Gasteiger partial charge in [-0.05, 0) is 65.6 Å². The number of aliphatic hydroxyl groups excluding tert-OH is 1. The lowest BCUT2D eigenvalue weighted by Gasteiger charge is -2.39. The normalized spacial score (nSPS) is 24.0. The summed E-state index contributed by atoms with van der Waals surface area (Å²) in [5.41, 5.74) is 3.19. The average molecular weight is 704 g/mol. The Morgan fingerprint density at radius 2 is 1.67 bits per heavy atom. The highest BCUT2D eigenvalue weighted by molar-refractivity contribution is 6.91. The number of hydrogen-bond acceptors (Lipinski definition) is 6. The molecule has 1 saturated heterocycles. The molecule has 4 aromatic rings. The Labute approximate surface area is 300 Å². The van der Waals surface area contributed by atoms with Crippen LogP contribution in [0.25, 0.3) is 0 Å². The van der Waals surface area contributed by atoms with E-state index in [1.165, 1.54) is 5.19 Å². The minimum absolute atomic E-state index is 0.0682. The molecule has 5 atom stereocenters. The standard InChI is InChI=1S/C41H45N3O6Si/c1-26-38(51(4,5)33-18-16-32(49-3)17-19-33)36(23-37(46)44-24-29-14-10-9-13-28(29)21-31(44)25-45)50-41(26)34-22-30(15-20-35(34)43(2)40(41)48)42-39(47)27-11-7-6-8-12-27/h6-20,22,26,31,36,38,45H,21,23-25H2,1-5H3,(H,42,47)/t26-,31+,36+,38-,41+/m1/s1. The fourth-order valence-electron chi connectivity index (χ4n) is 8.82. The van der Waals surface area contributed by atoms with Crippen molar-refractivity contribution in [2.24, 2.45) is 5.92 Å². The number of ether oxygens (including phenoxy) is 2. The first kappa shape index (κ1) is 34.7. The number of carbonyl (C=O) groups excluding carboxylic acids is 3. The van der Waals surface area contributed by atoms with Crippen LogP contribution in [0.15, 0.2) is 97.1 Å². The molecule has 2 N–H and O–H groups in total. The van der Waals surface area contributed by atoms with Crippen molar-refractivity contribution in [3.63, 3.8) is 0 Å². The summed E-state index contributed by atoms with van der Waals surface area (Å²) in [5.74, 6) is -0.0967. The Kier molecular flexibility index (Phi) is 9.11.